The minimum Gasteiger partial charge on any atom is -0.481 e. The molecule has 0 fully saturated rings. The van der Waals surface area contributed by atoms with Gasteiger partial charge >= 0.3 is 11.9 Å². The number of carbonyl (C=O) groups is 2. The van der Waals surface area contributed by atoms with Crippen LogP contribution >= 0.6 is 0 Å². The van der Waals surface area contributed by atoms with Gasteiger partial charge in [-0.05, 0) is 18.9 Å². The lowest BCUT2D eigenvalue weighted by Gasteiger charge is -2.07. The van der Waals surface area contributed by atoms with Crippen LogP contribution in [0.25, 0.3) is 0 Å². The predicted molar refractivity (Wildman–Crippen MR) is 60.3 cm³/mol. The summed E-state index contributed by atoms with van der Waals surface area (Å²) in [6.07, 6.45) is -0.286. The summed E-state index contributed by atoms with van der Waals surface area (Å²) in [5.74, 6) is -4.54. The molecular formula is C11H11NO6. The quantitative estimate of drug-likeness (QED) is 0.463. The fourth-order valence-electron chi connectivity index (χ4n) is 1.49. The average Bonchev–Trinajstić information content (AvgIpc) is 2.26. The third-order valence-corrected chi connectivity index (χ3v) is 2.51. The number of carboxylic acid groups (broad SMARTS) is 2. The van der Waals surface area contributed by atoms with Gasteiger partial charge < -0.3 is 10.2 Å². The molecule has 0 spiro atoms. The lowest BCUT2D eigenvalue weighted by Crippen LogP contribution is -2.25. The first-order chi connectivity index (χ1) is 8.32. The number of aryl methyl sites for hydroxylation is 1. The van der Waals surface area contributed by atoms with Crippen molar-refractivity contribution in [3.8, 4) is 0 Å². The van der Waals surface area contributed by atoms with Crippen LogP contribution in [0.4, 0.5) is 5.69 Å². The van der Waals surface area contributed by atoms with Crippen molar-refractivity contribution in [2.75, 3.05) is 0 Å². The van der Waals surface area contributed by atoms with Crippen molar-refractivity contribution in [3.63, 3.8) is 0 Å². The Bertz CT molecular complexity index is 496. The van der Waals surface area contributed by atoms with Crippen LogP contribution in [0.1, 0.15) is 11.1 Å². The van der Waals surface area contributed by atoms with E-state index in [2.05, 4.69) is 0 Å². The highest BCUT2D eigenvalue weighted by atomic mass is 16.6. The summed E-state index contributed by atoms with van der Waals surface area (Å²) in [4.78, 5) is 31.5. The molecule has 1 rings (SSSR count). The van der Waals surface area contributed by atoms with E-state index in [4.69, 9.17) is 10.2 Å². The molecular weight excluding hydrogens is 242 g/mol. The zero-order valence-corrected chi connectivity index (χ0v) is 9.49. The van der Waals surface area contributed by atoms with Crippen LogP contribution < -0.4 is 0 Å². The van der Waals surface area contributed by atoms with Crippen LogP contribution in [-0.4, -0.2) is 27.1 Å². The predicted octanol–water partition coefficient (Wildman–Crippen LogP) is 1.23. The second-order valence-corrected chi connectivity index (χ2v) is 3.81. The molecule has 96 valence electrons. The SMILES string of the molecule is Cc1ccc(CC(C(=O)O)C(=O)O)cc1[N+](=O)[O-]. The Labute approximate surface area is 102 Å². The Kier molecular flexibility index (Phi) is 3.98. The van der Waals surface area contributed by atoms with Crippen molar-refractivity contribution in [1.29, 1.82) is 0 Å². The fourth-order valence-corrected chi connectivity index (χ4v) is 1.49. The molecule has 0 unspecified atom stereocenters. The molecule has 0 bridgehead atoms. The number of hydrogen-bond donors (Lipinski definition) is 2. The number of benzene rings is 1. The third kappa shape index (κ3) is 3.03. The molecule has 0 aromatic heterocycles. The monoisotopic (exact) mass is 253 g/mol. The standard InChI is InChI=1S/C11H11NO6/c1-6-2-3-7(5-9(6)12(17)18)4-8(10(13)14)11(15)16/h2-3,5,8H,4H2,1H3,(H,13,14)(H,15,16). The highest BCUT2D eigenvalue weighted by molar-refractivity contribution is 5.93. The first kappa shape index (κ1) is 13.6. The van der Waals surface area contributed by atoms with Crippen molar-refractivity contribution in [2.45, 2.75) is 13.3 Å². The molecule has 0 aliphatic carbocycles. The molecule has 0 radical (unpaired) electrons. The summed E-state index contributed by atoms with van der Waals surface area (Å²) >= 11 is 0. The van der Waals surface area contributed by atoms with Crippen LogP contribution in [0.2, 0.25) is 0 Å². The van der Waals surface area contributed by atoms with Crippen LogP contribution in [0.5, 0.6) is 0 Å². The molecule has 1 aromatic rings. The number of nitro groups is 1. The van der Waals surface area contributed by atoms with Gasteiger partial charge in [0.05, 0.1) is 4.92 Å². The number of rotatable bonds is 5. The van der Waals surface area contributed by atoms with E-state index >= 15 is 0 Å². The number of nitrogens with zero attached hydrogens (tertiary/aromatic N) is 1. The summed E-state index contributed by atoms with van der Waals surface area (Å²) in [5, 5.41) is 28.1. The van der Waals surface area contributed by atoms with E-state index in [0.717, 1.165) is 0 Å². The Morgan fingerprint density at radius 1 is 1.33 bits per heavy atom. The maximum Gasteiger partial charge on any atom is 0.318 e. The minimum absolute atomic E-state index is 0.151. The largest absolute Gasteiger partial charge is 0.481 e. The fraction of sp³-hybridized carbons (Fsp3) is 0.273. The highest BCUT2D eigenvalue weighted by Crippen LogP contribution is 2.21. The second kappa shape index (κ2) is 5.26. The van der Waals surface area contributed by atoms with Crippen molar-refractivity contribution in [1.82, 2.24) is 0 Å². The van der Waals surface area contributed by atoms with E-state index in [0.29, 0.717) is 11.1 Å². The Morgan fingerprint density at radius 3 is 2.33 bits per heavy atom. The van der Waals surface area contributed by atoms with Gasteiger partial charge in [0.25, 0.3) is 5.69 Å². The van der Waals surface area contributed by atoms with Crippen LogP contribution in [0, 0.1) is 23.0 Å². The first-order valence-corrected chi connectivity index (χ1v) is 5.02. The Balaban J connectivity index is 3.04. The lowest BCUT2D eigenvalue weighted by atomic mass is 9.98. The maximum absolute atomic E-state index is 10.7. The van der Waals surface area contributed by atoms with Gasteiger partial charge in [0.2, 0.25) is 0 Å². The molecule has 0 aliphatic heterocycles. The molecule has 0 atom stereocenters. The summed E-state index contributed by atoms with van der Waals surface area (Å²) in [7, 11) is 0. The zero-order valence-electron chi connectivity index (χ0n) is 9.49. The van der Waals surface area contributed by atoms with Crippen LogP contribution in [0.3, 0.4) is 0 Å². The van der Waals surface area contributed by atoms with E-state index in [1.165, 1.54) is 18.2 Å². The first-order valence-electron chi connectivity index (χ1n) is 5.02. The van der Waals surface area contributed by atoms with Gasteiger partial charge in [-0.2, -0.15) is 0 Å². The van der Waals surface area contributed by atoms with E-state index in [9.17, 15) is 19.7 Å². The van der Waals surface area contributed by atoms with Crippen molar-refractivity contribution >= 4 is 17.6 Å². The lowest BCUT2D eigenvalue weighted by molar-refractivity contribution is -0.385. The second-order valence-electron chi connectivity index (χ2n) is 3.81. The normalized spacial score (nSPS) is 10.3. The molecule has 7 heteroatoms. The number of carboxylic acids is 2. The van der Waals surface area contributed by atoms with Crippen molar-refractivity contribution in [2.24, 2.45) is 5.92 Å². The maximum atomic E-state index is 10.7. The number of aliphatic carboxylic acids is 2. The molecule has 7 nitrogen and oxygen atoms in total. The van der Waals surface area contributed by atoms with Gasteiger partial charge in [0.15, 0.2) is 5.92 Å². The smallest absolute Gasteiger partial charge is 0.318 e. The van der Waals surface area contributed by atoms with Gasteiger partial charge in [-0.15, -0.1) is 0 Å². The Hall–Kier alpha value is -2.44. The van der Waals surface area contributed by atoms with E-state index in [1.807, 2.05) is 0 Å². The minimum atomic E-state index is -1.60. The average molecular weight is 253 g/mol. The third-order valence-electron chi connectivity index (χ3n) is 2.51. The molecule has 2 N–H and O–H groups in total. The van der Waals surface area contributed by atoms with E-state index in [1.54, 1.807) is 6.92 Å². The number of nitro benzene ring substituents is 1. The topological polar surface area (TPSA) is 118 Å². The van der Waals surface area contributed by atoms with Gasteiger partial charge in [0, 0.05) is 11.6 Å². The van der Waals surface area contributed by atoms with Gasteiger partial charge in [0.1, 0.15) is 0 Å². The highest BCUT2D eigenvalue weighted by Gasteiger charge is 2.26. The number of hydrogen-bond acceptors (Lipinski definition) is 4. The van der Waals surface area contributed by atoms with Gasteiger partial charge in [-0.3, -0.25) is 19.7 Å². The summed E-state index contributed by atoms with van der Waals surface area (Å²) in [5.41, 5.74) is 0.593. The van der Waals surface area contributed by atoms with E-state index in [-0.39, 0.29) is 12.1 Å². The molecule has 0 amide bonds. The molecule has 0 saturated heterocycles. The van der Waals surface area contributed by atoms with E-state index < -0.39 is 22.8 Å². The van der Waals surface area contributed by atoms with Gasteiger partial charge in [-0.25, -0.2) is 0 Å². The molecule has 0 saturated carbocycles. The molecule has 1 aromatic carbocycles. The molecule has 18 heavy (non-hydrogen) atoms. The van der Waals surface area contributed by atoms with Crippen LogP contribution in [0.15, 0.2) is 18.2 Å². The van der Waals surface area contributed by atoms with Crippen molar-refractivity contribution in [3.05, 3.63) is 39.4 Å². The summed E-state index contributed by atoms with van der Waals surface area (Å²) in [6, 6.07) is 4.16. The summed E-state index contributed by atoms with van der Waals surface area (Å²) in [6.45, 7) is 1.55. The molecule has 0 aliphatic rings. The Morgan fingerprint density at radius 2 is 1.89 bits per heavy atom. The van der Waals surface area contributed by atoms with Gasteiger partial charge in [-0.1, -0.05) is 12.1 Å². The zero-order chi connectivity index (χ0) is 13.9. The van der Waals surface area contributed by atoms with Crippen LogP contribution in [-0.2, 0) is 16.0 Å². The molecule has 0 heterocycles. The van der Waals surface area contributed by atoms with Crippen molar-refractivity contribution < 1.29 is 24.7 Å². The summed E-state index contributed by atoms with van der Waals surface area (Å²) < 4.78 is 0.